The summed E-state index contributed by atoms with van der Waals surface area (Å²) in [4.78, 5) is 7.02. The van der Waals surface area contributed by atoms with Gasteiger partial charge in [0.25, 0.3) is 0 Å². The van der Waals surface area contributed by atoms with Gasteiger partial charge in [-0.1, -0.05) is 24.3 Å². The van der Waals surface area contributed by atoms with Crippen LogP contribution in [0.3, 0.4) is 0 Å². The van der Waals surface area contributed by atoms with Gasteiger partial charge in [0.1, 0.15) is 0 Å². The molecule has 6 heteroatoms. The minimum absolute atomic E-state index is 0. The van der Waals surface area contributed by atoms with Crippen LogP contribution < -0.4 is 5.32 Å². The maximum absolute atomic E-state index is 10.6. The van der Waals surface area contributed by atoms with E-state index in [2.05, 4.69) is 41.4 Å². The molecular weight excluding hydrogens is 417 g/mol. The Morgan fingerprint density at radius 1 is 1.29 bits per heavy atom. The molecule has 0 atom stereocenters. The lowest BCUT2D eigenvalue weighted by Crippen LogP contribution is -2.46. The fraction of sp³-hybridized carbons (Fsp3) is 0.611. The Morgan fingerprint density at radius 3 is 2.71 bits per heavy atom. The minimum atomic E-state index is -0.716. The van der Waals surface area contributed by atoms with E-state index < -0.39 is 5.60 Å². The molecule has 0 spiro atoms. The van der Waals surface area contributed by atoms with Crippen LogP contribution in [-0.2, 0) is 17.7 Å². The quantitative estimate of drug-likeness (QED) is 0.426. The van der Waals surface area contributed by atoms with Crippen LogP contribution in [0.5, 0.6) is 0 Å². The predicted octanol–water partition coefficient (Wildman–Crippen LogP) is 2.17. The monoisotopic (exact) mass is 445 g/mol. The van der Waals surface area contributed by atoms with Crippen molar-refractivity contribution in [2.45, 2.75) is 38.3 Å². The molecule has 1 saturated heterocycles. The van der Waals surface area contributed by atoms with Crippen molar-refractivity contribution in [1.82, 2.24) is 10.2 Å². The molecule has 0 aliphatic carbocycles. The van der Waals surface area contributed by atoms with Crippen molar-refractivity contribution in [2.75, 3.05) is 32.8 Å². The lowest BCUT2D eigenvalue weighted by atomic mass is 9.95. The smallest absolute Gasteiger partial charge is 0.194 e. The van der Waals surface area contributed by atoms with Crippen LogP contribution in [0.25, 0.3) is 0 Å². The van der Waals surface area contributed by atoms with E-state index in [0.29, 0.717) is 32.6 Å². The number of hydrogen-bond donors (Lipinski definition) is 2. The molecule has 1 aromatic carbocycles. The second-order valence-electron chi connectivity index (χ2n) is 6.45. The highest BCUT2D eigenvalue weighted by Gasteiger charge is 2.30. The Labute approximate surface area is 161 Å². The number of aliphatic imine (C=N–C) groups is 1. The van der Waals surface area contributed by atoms with Crippen molar-refractivity contribution in [2.24, 2.45) is 4.99 Å². The van der Waals surface area contributed by atoms with E-state index in [4.69, 9.17) is 9.73 Å². The van der Waals surface area contributed by atoms with E-state index in [9.17, 15) is 5.11 Å². The van der Waals surface area contributed by atoms with Gasteiger partial charge in [-0.15, -0.1) is 24.0 Å². The molecule has 24 heavy (non-hydrogen) atoms. The summed E-state index contributed by atoms with van der Waals surface area (Å²) in [6.45, 7) is 6.44. The minimum Gasteiger partial charge on any atom is -0.388 e. The largest absolute Gasteiger partial charge is 0.388 e. The van der Waals surface area contributed by atoms with Crippen LogP contribution >= 0.6 is 24.0 Å². The summed E-state index contributed by atoms with van der Waals surface area (Å²) in [5.41, 5.74) is 2.09. The molecule has 0 saturated carbocycles. The number of aliphatic hydroxyl groups is 1. The lowest BCUT2D eigenvalue weighted by Gasteiger charge is -2.34. The molecule has 2 aliphatic heterocycles. The number of halogens is 1. The first-order valence-corrected chi connectivity index (χ1v) is 8.60. The van der Waals surface area contributed by atoms with Crippen LogP contribution in [0.15, 0.2) is 29.3 Å². The molecule has 1 fully saturated rings. The van der Waals surface area contributed by atoms with Crippen molar-refractivity contribution < 1.29 is 9.84 Å². The van der Waals surface area contributed by atoms with Gasteiger partial charge in [0.2, 0.25) is 0 Å². The van der Waals surface area contributed by atoms with Crippen molar-refractivity contribution in [3.63, 3.8) is 0 Å². The fourth-order valence-corrected chi connectivity index (χ4v) is 3.23. The Bertz CT molecular complexity index is 559. The maximum atomic E-state index is 10.6. The maximum Gasteiger partial charge on any atom is 0.194 e. The molecule has 134 valence electrons. The highest BCUT2D eigenvalue weighted by atomic mass is 127. The van der Waals surface area contributed by atoms with E-state index in [1.807, 2.05) is 0 Å². The molecule has 0 unspecified atom stereocenters. The molecule has 5 nitrogen and oxygen atoms in total. The number of hydrogen-bond acceptors (Lipinski definition) is 3. The first-order chi connectivity index (χ1) is 11.2. The van der Waals surface area contributed by atoms with Crippen LogP contribution in [0.2, 0.25) is 0 Å². The van der Waals surface area contributed by atoms with Crippen LogP contribution in [-0.4, -0.2) is 54.4 Å². The third-order valence-corrected chi connectivity index (χ3v) is 4.71. The van der Waals surface area contributed by atoms with Crippen molar-refractivity contribution in [3.05, 3.63) is 35.4 Å². The van der Waals surface area contributed by atoms with Gasteiger partial charge in [-0.2, -0.15) is 0 Å². The average molecular weight is 445 g/mol. The van der Waals surface area contributed by atoms with Gasteiger partial charge in [-0.05, 0) is 24.5 Å². The first kappa shape index (κ1) is 19.5. The summed E-state index contributed by atoms with van der Waals surface area (Å²) < 4.78 is 5.34. The number of rotatable bonds is 3. The molecule has 2 N–H and O–H groups in total. The van der Waals surface area contributed by atoms with Crippen molar-refractivity contribution in [1.29, 1.82) is 0 Å². The molecule has 1 aromatic rings. The number of ether oxygens (including phenoxy) is 1. The van der Waals surface area contributed by atoms with Crippen LogP contribution in [0.4, 0.5) is 0 Å². The van der Waals surface area contributed by atoms with E-state index in [-0.39, 0.29) is 24.0 Å². The second kappa shape index (κ2) is 9.01. The predicted molar refractivity (Wildman–Crippen MR) is 107 cm³/mol. The highest BCUT2D eigenvalue weighted by Crippen LogP contribution is 2.22. The summed E-state index contributed by atoms with van der Waals surface area (Å²) in [7, 11) is 0. The van der Waals surface area contributed by atoms with E-state index in [0.717, 1.165) is 32.0 Å². The second-order valence-corrected chi connectivity index (χ2v) is 6.45. The Kier molecular flexibility index (Phi) is 7.31. The zero-order valence-electron chi connectivity index (χ0n) is 14.3. The summed E-state index contributed by atoms with van der Waals surface area (Å²) in [6, 6.07) is 8.60. The number of nitrogens with zero attached hydrogens (tertiary/aromatic N) is 2. The number of fused-ring (bicyclic) bond motifs is 1. The van der Waals surface area contributed by atoms with Gasteiger partial charge in [0, 0.05) is 45.7 Å². The Morgan fingerprint density at radius 2 is 2.00 bits per heavy atom. The van der Waals surface area contributed by atoms with Gasteiger partial charge in [0.15, 0.2) is 5.96 Å². The molecule has 0 bridgehead atoms. The molecular formula is C18H28IN3O2. The molecule has 3 rings (SSSR count). The van der Waals surface area contributed by atoms with Gasteiger partial charge in [-0.3, -0.25) is 4.99 Å². The van der Waals surface area contributed by atoms with Gasteiger partial charge >= 0.3 is 0 Å². The van der Waals surface area contributed by atoms with E-state index in [1.54, 1.807) is 0 Å². The van der Waals surface area contributed by atoms with Crippen LogP contribution in [0.1, 0.15) is 30.9 Å². The molecule has 0 aromatic heterocycles. The third-order valence-electron chi connectivity index (χ3n) is 4.71. The van der Waals surface area contributed by atoms with E-state index in [1.165, 1.54) is 11.1 Å². The van der Waals surface area contributed by atoms with Crippen molar-refractivity contribution in [3.8, 4) is 0 Å². The van der Waals surface area contributed by atoms with Crippen LogP contribution in [0, 0.1) is 0 Å². The first-order valence-electron chi connectivity index (χ1n) is 8.60. The molecule has 2 aliphatic rings. The zero-order valence-corrected chi connectivity index (χ0v) is 16.7. The summed E-state index contributed by atoms with van der Waals surface area (Å²) >= 11 is 0. The zero-order chi connectivity index (χ0) is 16.1. The summed E-state index contributed by atoms with van der Waals surface area (Å²) in [6.07, 6.45) is 2.37. The molecule has 2 heterocycles. The number of benzene rings is 1. The highest BCUT2D eigenvalue weighted by molar-refractivity contribution is 14.0. The molecule has 0 amide bonds. The fourth-order valence-electron chi connectivity index (χ4n) is 3.23. The SMILES string of the molecule is CCNC(=NCC1(O)CCOCC1)N1CCc2ccccc2C1.I. The number of nitrogens with one attached hydrogen (secondary N) is 1. The van der Waals surface area contributed by atoms with Gasteiger partial charge in [-0.25, -0.2) is 0 Å². The summed E-state index contributed by atoms with van der Waals surface area (Å²) in [5.74, 6) is 0.905. The normalized spacial score (nSPS) is 20.1. The Hall–Kier alpha value is -0.860. The third kappa shape index (κ3) is 4.83. The molecule has 0 radical (unpaired) electrons. The van der Waals surface area contributed by atoms with E-state index >= 15 is 0 Å². The van der Waals surface area contributed by atoms with Gasteiger partial charge < -0.3 is 20.1 Å². The average Bonchev–Trinajstić information content (AvgIpc) is 2.59. The lowest BCUT2D eigenvalue weighted by molar-refractivity contribution is -0.0566. The van der Waals surface area contributed by atoms with Crippen molar-refractivity contribution >= 4 is 29.9 Å². The summed E-state index contributed by atoms with van der Waals surface area (Å²) in [5, 5.41) is 14.0. The Balaban J connectivity index is 0.00000208. The standard InChI is InChI=1S/C18H27N3O2.HI/c1-2-19-17(20-14-18(22)8-11-23-12-9-18)21-10-7-15-5-3-4-6-16(15)13-21;/h3-6,22H,2,7-14H2,1H3,(H,19,20);1H. The topological polar surface area (TPSA) is 57.1 Å². The number of guanidine groups is 1. The van der Waals surface area contributed by atoms with Gasteiger partial charge in [0.05, 0.1) is 12.1 Å².